The fourth-order valence-corrected chi connectivity index (χ4v) is 4.34. The highest BCUT2D eigenvalue weighted by atomic mass is 16.5. The standard InChI is InChI=1S/C32H25NO5/c1-21(22-11-5-2-6-12-22)33-30(34)27-19-25-17-18-26(20-28(25)38-31(27)35)37-32(36)29(23-13-7-3-8-14-23)24-15-9-4-10-16-24/h2-21,29H,1H3,(H,33,34). The molecule has 0 radical (unpaired) electrons. The minimum Gasteiger partial charge on any atom is -0.426 e. The van der Waals surface area contributed by atoms with Gasteiger partial charge >= 0.3 is 11.6 Å². The van der Waals surface area contributed by atoms with E-state index in [1.807, 2.05) is 97.9 Å². The van der Waals surface area contributed by atoms with Crippen molar-refractivity contribution in [2.24, 2.45) is 0 Å². The van der Waals surface area contributed by atoms with E-state index in [0.29, 0.717) is 5.39 Å². The molecule has 6 heteroatoms. The minimum absolute atomic E-state index is 0.0988. The number of hydrogen-bond acceptors (Lipinski definition) is 5. The topological polar surface area (TPSA) is 85.6 Å². The summed E-state index contributed by atoms with van der Waals surface area (Å²) in [6, 6.07) is 34.2. The summed E-state index contributed by atoms with van der Waals surface area (Å²) in [6.07, 6.45) is 0. The van der Waals surface area contributed by atoms with Gasteiger partial charge in [0, 0.05) is 11.5 Å². The Morgan fingerprint density at radius 1 is 0.737 bits per heavy atom. The van der Waals surface area contributed by atoms with Gasteiger partial charge in [-0.3, -0.25) is 9.59 Å². The van der Waals surface area contributed by atoms with Gasteiger partial charge in [-0.2, -0.15) is 0 Å². The van der Waals surface area contributed by atoms with E-state index in [4.69, 9.17) is 9.15 Å². The fourth-order valence-electron chi connectivity index (χ4n) is 4.34. The van der Waals surface area contributed by atoms with E-state index in [2.05, 4.69) is 5.32 Å². The van der Waals surface area contributed by atoms with Crippen LogP contribution in [0, 0.1) is 0 Å². The van der Waals surface area contributed by atoms with Crippen molar-refractivity contribution >= 4 is 22.8 Å². The van der Waals surface area contributed by atoms with Crippen LogP contribution < -0.4 is 15.7 Å². The molecule has 4 aromatic carbocycles. The molecule has 188 valence electrons. The van der Waals surface area contributed by atoms with E-state index >= 15 is 0 Å². The lowest BCUT2D eigenvalue weighted by Gasteiger charge is -2.17. The van der Waals surface area contributed by atoms with Crippen LogP contribution in [-0.2, 0) is 4.79 Å². The summed E-state index contributed by atoms with van der Waals surface area (Å²) in [7, 11) is 0. The zero-order valence-electron chi connectivity index (χ0n) is 20.7. The van der Waals surface area contributed by atoms with Gasteiger partial charge in [-0.25, -0.2) is 4.79 Å². The summed E-state index contributed by atoms with van der Waals surface area (Å²) < 4.78 is 11.2. The van der Waals surface area contributed by atoms with Crippen LogP contribution in [0.2, 0.25) is 0 Å². The second kappa shape index (κ2) is 11.0. The molecule has 0 saturated heterocycles. The molecule has 1 unspecified atom stereocenters. The van der Waals surface area contributed by atoms with Gasteiger partial charge in [0.1, 0.15) is 22.8 Å². The maximum atomic E-state index is 13.3. The average Bonchev–Trinajstić information content (AvgIpc) is 2.94. The monoisotopic (exact) mass is 503 g/mol. The van der Waals surface area contributed by atoms with Gasteiger partial charge in [-0.15, -0.1) is 0 Å². The third-order valence-electron chi connectivity index (χ3n) is 6.32. The highest BCUT2D eigenvalue weighted by Crippen LogP contribution is 2.28. The zero-order chi connectivity index (χ0) is 26.5. The number of fused-ring (bicyclic) bond motifs is 1. The van der Waals surface area contributed by atoms with E-state index in [0.717, 1.165) is 16.7 Å². The molecule has 6 nitrogen and oxygen atoms in total. The molecule has 0 bridgehead atoms. The van der Waals surface area contributed by atoms with Crippen LogP contribution in [0.5, 0.6) is 5.75 Å². The maximum Gasteiger partial charge on any atom is 0.349 e. The van der Waals surface area contributed by atoms with Gasteiger partial charge in [0.05, 0.1) is 6.04 Å². The summed E-state index contributed by atoms with van der Waals surface area (Å²) in [5.74, 6) is -1.38. The van der Waals surface area contributed by atoms with Crippen molar-refractivity contribution in [3.05, 3.63) is 148 Å². The zero-order valence-corrected chi connectivity index (χ0v) is 20.7. The first-order valence-electron chi connectivity index (χ1n) is 12.2. The highest BCUT2D eigenvalue weighted by Gasteiger charge is 2.25. The van der Waals surface area contributed by atoms with Crippen LogP contribution in [0.15, 0.2) is 124 Å². The van der Waals surface area contributed by atoms with Gasteiger partial charge in [0.2, 0.25) is 0 Å². The largest absolute Gasteiger partial charge is 0.426 e. The van der Waals surface area contributed by atoms with Crippen molar-refractivity contribution in [1.29, 1.82) is 0 Å². The van der Waals surface area contributed by atoms with Gasteiger partial charge in [-0.05, 0) is 41.8 Å². The van der Waals surface area contributed by atoms with Gasteiger partial charge in [0.15, 0.2) is 0 Å². The molecule has 0 aliphatic rings. The smallest absolute Gasteiger partial charge is 0.349 e. The number of carbonyl (C=O) groups is 2. The van der Waals surface area contributed by atoms with Crippen LogP contribution in [0.3, 0.4) is 0 Å². The number of carbonyl (C=O) groups excluding carboxylic acids is 2. The fraction of sp³-hybridized carbons (Fsp3) is 0.0938. The minimum atomic E-state index is -0.773. The van der Waals surface area contributed by atoms with Crippen molar-refractivity contribution in [3.8, 4) is 5.75 Å². The Balaban J connectivity index is 1.38. The molecule has 0 aliphatic heterocycles. The van der Waals surface area contributed by atoms with Crippen LogP contribution in [0.25, 0.3) is 11.0 Å². The molecule has 0 fully saturated rings. The van der Waals surface area contributed by atoms with Gasteiger partial charge in [0.25, 0.3) is 5.91 Å². The predicted octanol–water partition coefficient (Wildman–Crippen LogP) is 6.02. The quantitative estimate of drug-likeness (QED) is 0.167. The number of nitrogens with one attached hydrogen (secondary N) is 1. The molecular weight excluding hydrogens is 478 g/mol. The Kier molecular flexibility index (Phi) is 7.13. The first-order chi connectivity index (χ1) is 18.5. The van der Waals surface area contributed by atoms with Crippen molar-refractivity contribution in [2.45, 2.75) is 18.9 Å². The van der Waals surface area contributed by atoms with E-state index in [9.17, 15) is 14.4 Å². The van der Waals surface area contributed by atoms with Crippen LogP contribution in [0.4, 0.5) is 0 Å². The Bertz CT molecular complexity index is 1590. The Labute approximate surface area is 219 Å². The molecule has 38 heavy (non-hydrogen) atoms. The van der Waals surface area contributed by atoms with Crippen molar-refractivity contribution in [1.82, 2.24) is 5.32 Å². The summed E-state index contributed by atoms with van der Waals surface area (Å²) in [6.45, 7) is 1.84. The summed E-state index contributed by atoms with van der Waals surface area (Å²) >= 11 is 0. The van der Waals surface area contributed by atoms with E-state index in [1.165, 1.54) is 12.1 Å². The first kappa shape index (κ1) is 24.7. The molecule has 1 heterocycles. The lowest BCUT2D eigenvalue weighted by atomic mass is 9.91. The number of esters is 1. The van der Waals surface area contributed by atoms with Gasteiger partial charge < -0.3 is 14.5 Å². The molecule has 1 N–H and O–H groups in total. The molecular formula is C32H25NO5. The van der Waals surface area contributed by atoms with Crippen molar-refractivity contribution < 1.29 is 18.7 Å². The van der Waals surface area contributed by atoms with Gasteiger partial charge in [-0.1, -0.05) is 91.0 Å². The molecule has 1 amide bonds. The number of ether oxygens (including phenoxy) is 1. The third kappa shape index (κ3) is 5.39. The molecule has 0 saturated carbocycles. The molecule has 5 aromatic rings. The summed E-state index contributed by atoms with van der Waals surface area (Å²) in [5.41, 5.74) is 1.86. The summed E-state index contributed by atoms with van der Waals surface area (Å²) in [4.78, 5) is 38.8. The molecule has 1 atom stereocenters. The van der Waals surface area contributed by atoms with Crippen molar-refractivity contribution in [2.75, 3.05) is 0 Å². The maximum absolute atomic E-state index is 13.3. The molecule has 1 aromatic heterocycles. The number of benzene rings is 4. The predicted molar refractivity (Wildman–Crippen MR) is 145 cm³/mol. The second-order valence-electron chi connectivity index (χ2n) is 8.93. The molecule has 5 rings (SSSR count). The molecule has 0 spiro atoms. The number of amides is 1. The van der Waals surface area contributed by atoms with Crippen LogP contribution >= 0.6 is 0 Å². The van der Waals surface area contributed by atoms with E-state index < -0.39 is 23.4 Å². The molecule has 0 aliphatic carbocycles. The Hall–Kier alpha value is -4.97. The second-order valence-corrected chi connectivity index (χ2v) is 8.93. The normalized spacial score (nSPS) is 11.7. The Morgan fingerprint density at radius 2 is 1.29 bits per heavy atom. The van der Waals surface area contributed by atoms with E-state index in [1.54, 1.807) is 12.1 Å². The summed E-state index contributed by atoms with van der Waals surface area (Å²) in [5, 5.41) is 3.36. The Morgan fingerprint density at radius 3 is 1.87 bits per heavy atom. The van der Waals surface area contributed by atoms with Crippen molar-refractivity contribution in [3.63, 3.8) is 0 Å². The van der Waals surface area contributed by atoms with Crippen LogP contribution in [0.1, 0.15) is 45.9 Å². The third-order valence-corrected chi connectivity index (χ3v) is 6.32. The highest BCUT2D eigenvalue weighted by molar-refractivity contribution is 5.97. The average molecular weight is 504 g/mol. The van der Waals surface area contributed by atoms with Crippen LogP contribution in [-0.4, -0.2) is 11.9 Å². The van der Waals surface area contributed by atoms with E-state index in [-0.39, 0.29) is 22.9 Å². The first-order valence-corrected chi connectivity index (χ1v) is 12.2. The number of rotatable bonds is 7. The lowest BCUT2D eigenvalue weighted by Crippen LogP contribution is -2.30. The lowest BCUT2D eigenvalue weighted by molar-refractivity contribution is -0.135. The number of hydrogen-bond donors (Lipinski definition) is 1. The SMILES string of the molecule is CC(NC(=O)c1cc2ccc(OC(=O)C(c3ccccc3)c3ccccc3)cc2oc1=O)c1ccccc1.